The maximum absolute atomic E-state index is 12.5. The monoisotopic (exact) mass is 322 g/mol. The van der Waals surface area contributed by atoms with Gasteiger partial charge in [-0.3, -0.25) is 4.79 Å². The topological polar surface area (TPSA) is 34.9 Å². The van der Waals surface area contributed by atoms with E-state index in [9.17, 15) is 4.79 Å². The number of aromatic nitrogens is 2. The summed E-state index contributed by atoms with van der Waals surface area (Å²) in [5.41, 5.74) is 5.66. The molecule has 4 heteroatoms. The molecular formula is C19H18N2OS. The molecule has 23 heavy (non-hydrogen) atoms. The van der Waals surface area contributed by atoms with Gasteiger partial charge >= 0.3 is 0 Å². The summed E-state index contributed by atoms with van der Waals surface area (Å²) in [6.45, 7) is 0. The molecule has 0 radical (unpaired) electrons. The standard InChI is InChI=1S/C19H18N2OS/c1-21-17-8-3-2-7-16(17)20-19(21)23-12-18(22)15-10-9-13-5-4-6-14(13)11-15/h2-3,7-11H,4-6,12H2,1H3. The number of carbonyl (C=O) groups is 1. The van der Waals surface area contributed by atoms with Crippen molar-refractivity contribution in [3.05, 3.63) is 59.2 Å². The molecule has 4 rings (SSSR count). The number of ketones is 1. The second kappa shape index (κ2) is 5.85. The lowest BCUT2D eigenvalue weighted by molar-refractivity contribution is 0.102. The van der Waals surface area contributed by atoms with Gasteiger partial charge in [0.25, 0.3) is 0 Å². The van der Waals surface area contributed by atoms with Crippen molar-refractivity contribution in [1.29, 1.82) is 0 Å². The molecule has 0 bridgehead atoms. The molecule has 3 nitrogen and oxygen atoms in total. The lowest BCUT2D eigenvalue weighted by atomic mass is 10.0. The molecule has 3 aromatic rings. The number of hydrogen-bond donors (Lipinski definition) is 0. The molecule has 0 fully saturated rings. The Balaban J connectivity index is 1.51. The van der Waals surface area contributed by atoms with Crippen LogP contribution in [0.3, 0.4) is 0 Å². The van der Waals surface area contributed by atoms with Gasteiger partial charge in [0, 0.05) is 12.6 Å². The summed E-state index contributed by atoms with van der Waals surface area (Å²) in [4.78, 5) is 17.1. The molecule has 1 aliphatic rings. The maximum atomic E-state index is 12.5. The molecule has 2 aromatic carbocycles. The van der Waals surface area contributed by atoms with Crippen LogP contribution < -0.4 is 0 Å². The van der Waals surface area contributed by atoms with E-state index in [4.69, 9.17) is 0 Å². The second-order valence-electron chi connectivity index (χ2n) is 5.99. The van der Waals surface area contributed by atoms with E-state index >= 15 is 0 Å². The van der Waals surface area contributed by atoms with Gasteiger partial charge in [0.1, 0.15) is 0 Å². The van der Waals surface area contributed by atoms with Crippen LogP contribution in [0.5, 0.6) is 0 Å². The molecule has 1 aliphatic carbocycles. The molecule has 116 valence electrons. The highest BCUT2D eigenvalue weighted by Gasteiger charge is 2.15. The van der Waals surface area contributed by atoms with Crippen LogP contribution in [-0.2, 0) is 19.9 Å². The fourth-order valence-corrected chi connectivity index (χ4v) is 4.09. The normalized spacial score (nSPS) is 13.4. The van der Waals surface area contributed by atoms with Crippen molar-refractivity contribution in [3.63, 3.8) is 0 Å². The van der Waals surface area contributed by atoms with E-state index in [1.165, 1.54) is 29.3 Å². The Morgan fingerprint density at radius 3 is 2.87 bits per heavy atom. The number of aryl methyl sites for hydroxylation is 3. The van der Waals surface area contributed by atoms with Gasteiger partial charge in [-0.1, -0.05) is 36.0 Å². The Kier molecular flexibility index (Phi) is 3.69. The van der Waals surface area contributed by atoms with Gasteiger partial charge < -0.3 is 4.57 Å². The number of carbonyl (C=O) groups excluding carboxylic acids is 1. The number of rotatable bonds is 4. The molecule has 0 atom stereocenters. The Bertz CT molecular complexity index is 898. The zero-order valence-corrected chi connectivity index (χ0v) is 13.9. The van der Waals surface area contributed by atoms with E-state index in [1.54, 1.807) is 0 Å². The number of Topliss-reactive ketones (excluding diaryl/α,β-unsaturated/α-hetero) is 1. The first-order chi connectivity index (χ1) is 11.2. The third-order valence-corrected chi connectivity index (χ3v) is 5.53. The van der Waals surface area contributed by atoms with E-state index in [-0.39, 0.29) is 5.78 Å². The summed E-state index contributed by atoms with van der Waals surface area (Å²) in [5, 5.41) is 0.890. The fraction of sp³-hybridized carbons (Fsp3) is 0.263. The van der Waals surface area contributed by atoms with E-state index in [0.717, 1.165) is 34.6 Å². The molecule has 0 unspecified atom stereocenters. The quantitative estimate of drug-likeness (QED) is 0.537. The Morgan fingerprint density at radius 2 is 2.00 bits per heavy atom. The van der Waals surface area contributed by atoms with E-state index < -0.39 is 0 Å². The van der Waals surface area contributed by atoms with Crippen LogP contribution in [0.4, 0.5) is 0 Å². The third kappa shape index (κ3) is 2.68. The first-order valence-electron chi connectivity index (χ1n) is 7.91. The van der Waals surface area contributed by atoms with Gasteiger partial charge in [-0.2, -0.15) is 0 Å². The SMILES string of the molecule is Cn1c(SCC(=O)c2ccc3c(c2)CCC3)nc2ccccc21. The molecule has 0 saturated carbocycles. The van der Waals surface area contributed by atoms with Crippen LogP contribution in [0.25, 0.3) is 11.0 Å². The van der Waals surface area contributed by atoms with Gasteiger partial charge in [-0.15, -0.1) is 0 Å². The van der Waals surface area contributed by atoms with Crippen molar-refractivity contribution >= 4 is 28.6 Å². The maximum Gasteiger partial charge on any atom is 0.173 e. The zero-order valence-electron chi connectivity index (χ0n) is 13.1. The van der Waals surface area contributed by atoms with Crippen LogP contribution in [0.15, 0.2) is 47.6 Å². The molecule has 0 saturated heterocycles. The summed E-state index contributed by atoms with van der Waals surface area (Å²) in [7, 11) is 2.00. The third-order valence-electron chi connectivity index (χ3n) is 4.50. The Hall–Kier alpha value is -2.07. The number of nitrogens with zero attached hydrogens (tertiary/aromatic N) is 2. The largest absolute Gasteiger partial charge is 0.322 e. The summed E-state index contributed by atoms with van der Waals surface area (Å²) in [6.07, 6.45) is 3.47. The molecule has 1 heterocycles. The highest BCUT2D eigenvalue weighted by molar-refractivity contribution is 7.99. The molecule has 1 aromatic heterocycles. The van der Waals surface area contributed by atoms with Crippen LogP contribution in [0, 0.1) is 0 Å². The van der Waals surface area contributed by atoms with Crippen molar-refractivity contribution in [2.75, 3.05) is 5.75 Å². The lowest BCUT2D eigenvalue weighted by Crippen LogP contribution is -2.04. The summed E-state index contributed by atoms with van der Waals surface area (Å²) in [5.74, 6) is 0.604. The fourth-order valence-electron chi connectivity index (χ4n) is 3.21. The molecule has 0 aliphatic heterocycles. The predicted molar refractivity (Wildman–Crippen MR) is 94.2 cm³/mol. The number of imidazole rings is 1. The summed E-state index contributed by atoms with van der Waals surface area (Å²) < 4.78 is 2.05. The highest BCUT2D eigenvalue weighted by Crippen LogP contribution is 2.26. The van der Waals surface area contributed by atoms with Crippen LogP contribution >= 0.6 is 11.8 Å². The Labute approximate surface area is 139 Å². The van der Waals surface area contributed by atoms with E-state index in [1.807, 2.05) is 31.3 Å². The average molecular weight is 322 g/mol. The summed E-state index contributed by atoms with van der Waals surface area (Å²) in [6, 6.07) is 14.2. The average Bonchev–Trinajstić information content (AvgIpc) is 3.17. The smallest absolute Gasteiger partial charge is 0.173 e. The predicted octanol–water partition coefficient (Wildman–Crippen LogP) is 4.04. The van der Waals surface area contributed by atoms with Crippen LogP contribution in [0.2, 0.25) is 0 Å². The first kappa shape index (κ1) is 14.5. The zero-order chi connectivity index (χ0) is 15.8. The minimum absolute atomic E-state index is 0.178. The van der Waals surface area contributed by atoms with Gasteiger partial charge in [0.05, 0.1) is 16.8 Å². The molecule has 0 amide bonds. The second-order valence-corrected chi connectivity index (χ2v) is 6.93. The number of benzene rings is 2. The van der Waals surface area contributed by atoms with E-state index in [0.29, 0.717) is 5.75 Å². The molecular weight excluding hydrogens is 304 g/mol. The molecule has 0 spiro atoms. The number of thioether (sulfide) groups is 1. The van der Waals surface area contributed by atoms with Crippen molar-refractivity contribution in [2.45, 2.75) is 24.4 Å². The van der Waals surface area contributed by atoms with Gasteiger partial charge in [0.2, 0.25) is 0 Å². The van der Waals surface area contributed by atoms with Crippen molar-refractivity contribution in [2.24, 2.45) is 7.05 Å². The first-order valence-corrected chi connectivity index (χ1v) is 8.90. The van der Waals surface area contributed by atoms with Crippen LogP contribution in [-0.4, -0.2) is 21.1 Å². The van der Waals surface area contributed by atoms with Gasteiger partial charge in [-0.25, -0.2) is 4.98 Å². The van der Waals surface area contributed by atoms with Gasteiger partial charge in [0.15, 0.2) is 10.9 Å². The number of fused-ring (bicyclic) bond motifs is 2. The summed E-state index contributed by atoms with van der Waals surface area (Å²) >= 11 is 1.51. The van der Waals surface area contributed by atoms with Gasteiger partial charge in [-0.05, 0) is 48.6 Å². The van der Waals surface area contributed by atoms with Crippen molar-refractivity contribution in [1.82, 2.24) is 9.55 Å². The molecule has 0 N–H and O–H groups in total. The van der Waals surface area contributed by atoms with Crippen LogP contribution in [0.1, 0.15) is 27.9 Å². The number of para-hydroxylation sites is 2. The number of hydrogen-bond acceptors (Lipinski definition) is 3. The van der Waals surface area contributed by atoms with E-state index in [2.05, 4.69) is 27.8 Å². The van der Waals surface area contributed by atoms with Crippen molar-refractivity contribution in [3.8, 4) is 0 Å². The Morgan fingerprint density at radius 1 is 1.17 bits per heavy atom. The highest BCUT2D eigenvalue weighted by atomic mass is 32.2. The lowest BCUT2D eigenvalue weighted by Gasteiger charge is -2.05. The minimum Gasteiger partial charge on any atom is -0.322 e. The minimum atomic E-state index is 0.178. The van der Waals surface area contributed by atoms with Crippen molar-refractivity contribution < 1.29 is 4.79 Å².